The zero-order valence-electron chi connectivity index (χ0n) is 12.5. The Bertz CT molecular complexity index is 430. The molecule has 1 unspecified atom stereocenters. The quantitative estimate of drug-likeness (QED) is 0.572. The first-order valence-corrected chi connectivity index (χ1v) is 9.22. The van der Waals surface area contributed by atoms with Gasteiger partial charge in [0, 0.05) is 10.8 Å². The van der Waals surface area contributed by atoms with Crippen molar-refractivity contribution in [3.05, 3.63) is 0 Å². The van der Waals surface area contributed by atoms with Crippen molar-refractivity contribution in [2.75, 3.05) is 13.2 Å². The van der Waals surface area contributed by atoms with Gasteiger partial charge in [0.25, 0.3) is 0 Å². The summed E-state index contributed by atoms with van der Waals surface area (Å²) in [4.78, 5) is 12.0. The fourth-order valence-corrected chi connectivity index (χ4v) is 9.28. The molecule has 6 heteroatoms. The molecule has 1 aliphatic carbocycles. The molecule has 1 spiro atoms. The Kier molecular flexibility index (Phi) is 3.55. The number of rotatable bonds is 5. The largest absolute Gasteiger partial charge is 0.345 e. The van der Waals surface area contributed by atoms with Crippen molar-refractivity contribution < 1.29 is 18.4 Å². The minimum absolute atomic E-state index is 0.220. The lowest BCUT2D eigenvalue weighted by Crippen LogP contribution is -2.67. The van der Waals surface area contributed by atoms with Crippen LogP contribution in [0.3, 0.4) is 0 Å². The fourth-order valence-electron chi connectivity index (χ4n) is 3.71. The number of thioether (sulfide) groups is 1. The van der Waals surface area contributed by atoms with Gasteiger partial charge >= 0.3 is 7.60 Å². The van der Waals surface area contributed by atoms with Crippen LogP contribution in [-0.2, 0) is 18.4 Å². The third-order valence-electron chi connectivity index (χ3n) is 4.49. The van der Waals surface area contributed by atoms with Crippen LogP contribution in [-0.4, -0.2) is 28.7 Å². The van der Waals surface area contributed by atoms with E-state index in [1.807, 2.05) is 41.5 Å². The zero-order chi connectivity index (χ0) is 14.7. The second-order valence-electron chi connectivity index (χ2n) is 6.16. The number of carbonyl (C=O) groups excluding carboxylic acids is 1. The van der Waals surface area contributed by atoms with Gasteiger partial charge in [0.1, 0.15) is 10.8 Å². The number of ketones is 1. The highest BCUT2D eigenvalue weighted by Crippen LogP contribution is 2.88. The van der Waals surface area contributed by atoms with E-state index in [0.717, 1.165) is 0 Å². The van der Waals surface area contributed by atoms with Gasteiger partial charge in [0.15, 0.2) is 0 Å². The zero-order valence-corrected chi connectivity index (χ0v) is 14.2. The summed E-state index contributed by atoms with van der Waals surface area (Å²) in [6.07, 6.45) is 0. The highest BCUT2D eigenvalue weighted by molar-refractivity contribution is 8.15. The predicted molar refractivity (Wildman–Crippen MR) is 77.5 cm³/mol. The summed E-state index contributed by atoms with van der Waals surface area (Å²) in [6, 6.07) is 0. The van der Waals surface area contributed by atoms with Crippen molar-refractivity contribution in [2.24, 2.45) is 10.8 Å². The highest BCUT2D eigenvalue weighted by atomic mass is 32.2. The molecule has 19 heavy (non-hydrogen) atoms. The van der Waals surface area contributed by atoms with Crippen LogP contribution in [0.2, 0.25) is 0 Å². The first-order chi connectivity index (χ1) is 8.62. The summed E-state index contributed by atoms with van der Waals surface area (Å²) in [6.45, 7) is 12.1. The summed E-state index contributed by atoms with van der Waals surface area (Å²) in [5.74, 6) is 0.231. The van der Waals surface area contributed by atoms with Gasteiger partial charge in [-0.2, -0.15) is 0 Å². The molecule has 2 aliphatic rings. The molecular formula is C13H23O4PS. The van der Waals surface area contributed by atoms with E-state index < -0.39 is 18.4 Å². The third kappa shape index (κ3) is 1.68. The normalized spacial score (nSPS) is 30.2. The second kappa shape index (κ2) is 4.33. The van der Waals surface area contributed by atoms with E-state index in [1.54, 1.807) is 11.8 Å². The standard InChI is InChI=1S/C13H23O4PS/c1-7-16-18(15,17-8-2)10-13(19-10)11(3,4)9(14)12(13,5)6/h10H,7-8H2,1-6H3. The molecule has 2 fully saturated rings. The van der Waals surface area contributed by atoms with Gasteiger partial charge in [-0.15, -0.1) is 11.8 Å². The van der Waals surface area contributed by atoms with Crippen molar-refractivity contribution in [3.8, 4) is 0 Å². The van der Waals surface area contributed by atoms with Crippen LogP contribution in [0.15, 0.2) is 0 Å². The number of Topliss-reactive ketones (excluding diaryl/α,β-unsaturated/α-hetero) is 1. The van der Waals surface area contributed by atoms with Crippen molar-refractivity contribution in [2.45, 2.75) is 51.3 Å². The summed E-state index contributed by atoms with van der Waals surface area (Å²) in [7, 11) is -3.14. The van der Waals surface area contributed by atoms with E-state index in [2.05, 4.69) is 0 Å². The Morgan fingerprint density at radius 1 is 1.11 bits per heavy atom. The second-order valence-corrected chi connectivity index (χ2v) is 9.97. The maximum atomic E-state index is 12.9. The Balaban J connectivity index is 2.32. The predicted octanol–water partition coefficient (Wildman–Crippen LogP) is 3.70. The van der Waals surface area contributed by atoms with Gasteiger partial charge < -0.3 is 9.05 Å². The van der Waals surface area contributed by atoms with Gasteiger partial charge in [-0.05, 0) is 13.8 Å². The van der Waals surface area contributed by atoms with E-state index in [1.165, 1.54) is 0 Å². The molecule has 1 heterocycles. The molecule has 1 saturated heterocycles. The van der Waals surface area contributed by atoms with Gasteiger partial charge in [-0.3, -0.25) is 9.36 Å². The summed E-state index contributed by atoms with van der Waals surface area (Å²) < 4.78 is 23.5. The molecule has 0 radical (unpaired) electrons. The van der Waals surface area contributed by atoms with Gasteiger partial charge in [0.2, 0.25) is 0 Å². The number of carbonyl (C=O) groups is 1. The SMILES string of the molecule is CCOP(=O)(OCC)C1SC12C(C)(C)C(=O)C2(C)C. The molecule has 4 nitrogen and oxygen atoms in total. The Morgan fingerprint density at radius 3 is 1.89 bits per heavy atom. The molecule has 2 rings (SSSR count). The summed E-state index contributed by atoms with van der Waals surface area (Å²) >= 11 is 1.60. The molecule has 1 atom stereocenters. The highest BCUT2D eigenvalue weighted by Gasteiger charge is 2.87. The van der Waals surface area contributed by atoms with E-state index in [4.69, 9.17) is 9.05 Å². The topological polar surface area (TPSA) is 52.6 Å². The molecule has 0 amide bonds. The maximum Gasteiger partial charge on any atom is 0.345 e. The van der Waals surface area contributed by atoms with Crippen LogP contribution in [0.1, 0.15) is 41.5 Å². The van der Waals surface area contributed by atoms with Crippen molar-refractivity contribution >= 4 is 25.1 Å². The minimum Gasteiger partial charge on any atom is -0.308 e. The number of hydrogen-bond donors (Lipinski definition) is 0. The first kappa shape index (κ1) is 15.6. The molecule has 0 aromatic carbocycles. The lowest BCUT2D eigenvalue weighted by atomic mass is 9.47. The van der Waals surface area contributed by atoms with Crippen molar-refractivity contribution in [3.63, 3.8) is 0 Å². The molecular weight excluding hydrogens is 283 g/mol. The molecule has 0 aromatic heterocycles. The van der Waals surface area contributed by atoms with Crippen LogP contribution in [0, 0.1) is 10.8 Å². The van der Waals surface area contributed by atoms with E-state index in [0.29, 0.717) is 13.2 Å². The number of hydrogen-bond acceptors (Lipinski definition) is 5. The monoisotopic (exact) mass is 306 g/mol. The molecule has 0 N–H and O–H groups in total. The van der Waals surface area contributed by atoms with Crippen LogP contribution in [0.25, 0.3) is 0 Å². The van der Waals surface area contributed by atoms with Gasteiger partial charge in [0.05, 0.1) is 18.0 Å². The molecule has 0 aromatic rings. The minimum atomic E-state index is -3.14. The molecule has 0 bridgehead atoms. The third-order valence-corrected chi connectivity index (χ3v) is 9.90. The van der Waals surface area contributed by atoms with Crippen LogP contribution >= 0.6 is 19.4 Å². The van der Waals surface area contributed by atoms with E-state index in [9.17, 15) is 9.36 Å². The van der Waals surface area contributed by atoms with Crippen LogP contribution in [0.5, 0.6) is 0 Å². The van der Waals surface area contributed by atoms with Gasteiger partial charge in [-0.1, -0.05) is 27.7 Å². The average molecular weight is 306 g/mol. The van der Waals surface area contributed by atoms with E-state index in [-0.39, 0.29) is 15.5 Å². The van der Waals surface area contributed by atoms with Crippen molar-refractivity contribution in [1.29, 1.82) is 0 Å². The Hall–Kier alpha value is 0.170. The van der Waals surface area contributed by atoms with Crippen LogP contribution in [0.4, 0.5) is 0 Å². The maximum absolute atomic E-state index is 12.9. The summed E-state index contributed by atoms with van der Waals surface area (Å²) in [5, 5.41) is 0. The lowest BCUT2D eigenvalue weighted by molar-refractivity contribution is -0.156. The molecule has 1 aliphatic heterocycles. The Morgan fingerprint density at radius 2 is 1.53 bits per heavy atom. The van der Waals surface area contributed by atoms with Gasteiger partial charge in [-0.25, -0.2) is 0 Å². The van der Waals surface area contributed by atoms with Crippen LogP contribution < -0.4 is 0 Å². The average Bonchev–Trinajstić information content (AvgIpc) is 3.07. The Labute approximate surface area is 119 Å². The molecule has 110 valence electrons. The first-order valence-electron chi connectivity index (χ1n) is 6.73. The molecule has 1 saturated carbocycles. The fraction of sp³-hybridized carbons (Fsp3) is 0.923. The van der Waals surface area contributed by atoms with Crippen molar-refractivity contribution in [1.82, 2.24) is 0 Å². The lowest BCUT2D eigenvalue weighted by Gasteiger charge is -2.56. The summed E-state index contributed by atoms with van der Waals surface area (Å²) in [5.41, 5.74) is -0.925. The van der Waals surface area contributed by atoms with E-state index >= 15 is 0 Å². The smallest absolute Gasteiger partial charge is 0.308 e.